The second-order valence-electron chi connectivity index (χ2n) is 8.10. The molecule has 2 N–H and O–H groups in total. The van der Waals surface area contributed by atoms with Gasteiger partial charge in [-0.15, -0.1) is 0 Å². The monoisotopic (exact) mass is 409 g/mol. The number of nitrogens with one attached hydrogen (secondary N) is 1. The lowest BCUT2D eigenvalue weighted by Crippen LogP contribution is -2.30. The van der Waals surface area contributed by atoms with Gasteiger partial charge in [0.1, 0.15) is 0 Å². The summed E-state index contributed by atoms with van der Waals surface area (Å²) in [6.45, 7) is 2.93. The highest BCUT2D eigenvalue weighted by molar-refractivity contribution is 5.89. The topological polar surface area (TPSA) is 49.3 Å². The van der Waals surface area contributed by atoms with Crippen molar-refractivity contribution < 1.29 is 9.90 Å². The van der Waals surface area contributed by atoms with E-state index >= 15 is 0 Å². The van der Waals surface area contributed by atoms with Crippen LogP contribution in [0.2, 0.25) is 0 Å². The third kappa shape index (κ3) is 5.05. The molecule has 1 saturated carbocycles. The Hall–Kier alpha value is -3.35. The van der Waals surface area contributed by atoms with Crippen LogP contribution in [0, 0.1) is 11.8 Å². The van der Waals surface area contributed by atoms with Gasteiger partial charge in [-0.1, -0.05) is 61.2 Å². The summed E-state index contributed by atoms with van der Waals surface area (Å²) in [5.41, 5.74) is 5.77. The minimum absolute atomic E-state index is 0.115. The summed E-state index contributed by atoms with van der Waals surface area (Å²) >= 11 is 0. The minimum atomic E-state index is -0.890. The van der Waals surface area contributed by atoms with Gasteiger partial charge in [-0.25, -0.2) is 4.79 Å². The molecule has 0 bridgehead atoms. The third-order valence-corrected chi connectivity index (χ3v) is 5.98. The van der Waals surface area contributed by atoms with Crippen molar-refractivity contribution in [3.63, 3.8) is 0 Å². The van der Waals surface area contributed by atoms with Gasteiger partial charge < -0.3 is 10.4 Å². The van der Waals surface area contributed by atoms with Crippen LogP contribution in [0.15, 0.2) is 72.8 Å². The molecule has 156 valence electrons. The van der Waals surface area contributed by atoms with Crippen molar-refractivity contribution in [3.8, 4) is 11.8 Å². The molecule has 0 amide bonds. The molecule has 1 aliphatic rings. The maximum atomic E-state index is 11.3. The molecule has 0 saturated heterocycles. The molecule has 4 rings (SSSR count). The van der Waals surface area contributed by atoms with Crippen molar-refractivity contribution in [2.45, 2.75) is 38.1 Å². The molecule has 0 spiro atoms. The van der Waals surface area contributed by atoms with Crippen LogP contribution in [-0.2, 0) is 18.4 Å². The molecule has 3 nitrogen and oxygen atoms in total. The van der Waals surface area contributed by atoms with E-state index in [1.807, 2.05) is 13.0 Å². The SMILES string of the molecule is CCc1cc(C#Cc2ccc(C3(NCCc4ccccc4)CC3)cc2)ccc1C(=O)O. The van der Waals surface area contributed by atoms with E-state index in [-0.39, 0.29) is 5.54 Å². The van der Waals surface area contributed by atoms with Crippen molar-refractivity contribution in [1.82, 2.24) is 5.32 Å². The number of carboxylic acid groups (broad SMARTS) is 1. The van der Waals surface area contributed by atoms with Gasteiger partial charge >= 0.3 is 5.97 Å². The van der Waals surface area contributed by atoms with Crippen LogP contribution in [-0.4, -0.2) is 17.6 Å². The minimum Gasteiger partial charge on any atom is -0.478 e. The molecule has 3 aromatic carbocycles. The number of hydrogen-bond donors (Lipinski definition) is 2. The van der Waals surface area contributed by atoms with Crippen LogP contribution in [0.1, 0.15) is 57.9 Å². The Bertz CT molecular complexity index is 1120. The maximum Gasteiger partial charge on any atom is 0.335 e. The highest BCUT2D eigenvalue weighted by atomic mass is 16.4. The lowest BCUT2D eigenvalue weighted by molar-refractivity contribution is 0.0695. The molecule has 0 radical (unpaired) electrons. The fraction of sp³-hybridized carbons (Fsp3) is 0.250. The number of benzene rings is 3. The summed E-state index contributed by atoms with van der Waals surface area (Å²) in [6, 6.07) is 24.4. The van der Waals surface area contributed by atoms with Crippen LogP contribution < -0.4 is 5.32 Å². The lowest BCUT2D eigenvalue weighted by Gasteiger charge is -2.18. The Kier molecular flexibility index (Phi) is 6.21. The van der Waals surface area contributed by atoms with E-state index < -0.39 is 5.97 Å². The van der Waals surface area contributed by atoms with Gasteiger partial charge in [-0.2, -0.15) is 0 Å². The number of aromatic carboxylic acids is 1. The highest BCUT2D eigenvalue weighted by Crippen LogP contribution is 2.45. The van der Waals surface area contributed by atoms with Crippen molar-refractivity contribution in [2.75, 3.05) is 6.54 Å². The molecule has 1 aliphatic carbocycles. The molecule has 0 unspecified atom stereocenters. The second kappa shape index (κ2) is 9.20. The summed E-state index contributed by atoms with van der Waals surface area (Å²) in [7, 11) is 0. The zero-order valence-electron chi connectivity index (χ0n) is 17.8. The quantitative estimate of drug-likeness (QED) is 0.530. The van der Waals surface area contributed by atoms with Gasteiger partial charge in [0.2, 0.25) is 0 Å². The molecule has 3 aromatic rings. The van der Waals surface area contributed by atoms with Gasteiger partial charge in [-0.3, -0.25) is 0 Å². The second-order valence-corrected chi connectivity index (χ2v) is 8.10. The van der Waals surface area contributed by atoms with E-state index in [1.54, 1.807) is 12.1 Å². The van der Waals surface area contributed by atoms with Crippen LogP contribution in [0.5, 0.6) is 0 Å². The summed E-state index contributed by atoms with van der Waals surface area (Å²) < 4.78 is 0. The molecule has 0 atom stereocenters. The van der Waals surface area contributed by atoms with Gasteiger partial charge in [0.15, 0.2) is 0 Å². The Morgan fingerprint density at radius 2 is 1.65 bits per heavy atom. The zero-order chi connectivity index (χ0) is 21.7. The third-order valence-electron chi connectivity index (χ3n) is 5.98. The number of rotatable bonds is 7. The molecule has 0 heterocycles. The molecule has 31 heavy (non-hydrogen) atoms. The molecular weight excluding hydrogens is 382 g/mol. The summed E-state index contributed by atoms with van der Waals surface area (Å²) in [5, 5.41) is 13.0. The van der Waals surface area contributed by atoms with Crippen LogP contribution >= 0.6 is 0 Å². The first kappa shape index (κ1) is 20.9. The van der Waals surface area contributed by atoms with E-state index in [4.69, 9.17) is 0 Å². The maximum absolute atomic E-state index is 11.3. The van der Waals surface area contributed by atoms with E-state index in [0.29, 0.717) is 12.0 Å². The van der Waals surface area contributed by atoms with Crippen molar-refractivity contribution in [3.05, 3.63) is 106 Å². The number of hydrogen-bond acceptors (Lipinski definition) is 2. The summed E-state index contributed by atoms with van der Waals surface area (Å²) in [6.07, 6.45) is 4.04. The molecule has 3 heteroatoms. The Morgan fingerprint density at radius 3 is 2.29 bits per heavy atom. The molecular formula is C28H27NO2. The van der Waals surface area contributed by atoms with E-state index in [1.165, 1.54) is 24.0 Å². The van der Waals surface area contributed by atoms with Crippen LogP contribution in [0.3, 0.4) is 0 Å². The van der Waals surface area contributed by atoms with Gasteiger partial charge in [0, 0.05) is 16.7 Å². The Morgan fingerprint density at radius 1 is 0.968 bits per heavy atom. The molecule has 0 aromatic heterocycles. The predicted molar refractivity (Wildman–Crippen MR) is 124 cm³/mol. The van der Waals surface area contributed by atoms with Crippen LogP contribution in [0.25, 0.3) is 0 Å². The molecule has 1 fully saturated rings. The van der Waals surface area contributed by atoms with Gasteiger partial charge in [0.05, 0.1) is 5.56 Å². The van der Waals surface area contributed by atoms with Crippen molar-refractivity contribution in [2.24, 2.45) is 0 Å². The van der Waals surface area contributed by atoms with Crippen LogP contribution in [0.4, 0.5) is 0 Å². The normalized spacial score (nSPS) is 13.8. The first-order valence-electron chi connectivity index (χ1n) is 10.9. The zero-order valence-corrected chi connectivity index (χ0v) is 17.8. The Balaban J connectivity index is 1.40. The van der Waals surface area contributed by atoms with E-state index in [9.17, 15) is 9.90 Å². The summed E-state index contributed by atoms with van der Waals surface area (Å²) in [4.78, 5) is 11.3. The standard InChI is InChI=1S/C28H27NO2/c1-2-24-20-23(12-15-26(24)27(30)31)9-8-22-10-13-25(14-11-22)28(17-18-28)29-19-16-21-6-4-3-5-7-21/h3-7,10-15,20,29H,2,16-19H2,1H3,(H,30,31). The van der Waals surface area contributed by atoms with Crippen molar-refractivity contribution in [1.29, 1.82) is 0 Å². The average molecular weight is 410 g/mol. The van der Waals surface area contributed by atoms with E-state index in [0.717, 1.165) is 29.7 Å². The Labute approximate surface area is 184 Å². The smallest absolute Gasteiger partial charge is 0.335 e. The fourth-order valence-corrected chi connectivity index (χ4v) is 3.97. The first-order valence-corrected chi connectivity index (χ1v) is 10.9. The predicted octanol–water partition coefficient (Wildman–Crippen LogP) is 5.17. The van der Waals surface area contributed by atoms with Crippen molar-refractivity contribution >= 4 is 5.97 Å². The lowest BCUT2D eigenvalue weighted by atomic mass is 10.0. The number of aryl methyl sites for hydroxylation is 1. The molecule has 0 aliphatic heterocycles. The fourth-order valence-electron chi connectivity index (χ4n) is 3.97. The van der Waals surface area contributed by atoms with E-state index in [2.05, 4.69) is 71.8 Å². The highest BCUT2D eigenvalue weighted by Gasteiger charge is 2.43. The van der Waals surface area contributed by atoms with Gasteiger partial charge in [-0.05, 0) is 79.3 Å². The average Bonchev–Trinajstić information content (AvgIpc) is 3.59. The summed E-state index contributed by atoms with van der Waals surface area (Å²) in [5.74, 6) is 5.49. The number of carbonyl (C=O) groups is 1. The number of carboxylic acids is 1. The largest absolute Gasteiger partial charge is 0.478 e. The van der Waals surface area contributed by atoms with Gasteiger partial charge in [0.25, 0.3) is 0 Å². The first-order chi connectivity index (χ1) is 15.1.